The Bertz CT molecular complexity index is 759. The first-order valence-corrected chi connectivity index (χ1v) is 19.3. The van der Waals surface area contributed by atoms with Crippen molar-refractivity contribution in [2.75, 3.05) is 13.2 Å². The Balaban J connectivity index is 4.33. The van der Waals surface area contributed by atoms with Crippen LogP contribution < -0.4 is 0 Å². The van der Waals surface area contributed by atoms with E-state index in [1.54, 1.807) is 0 Å². The van der Waals surface area contributed by atoms with Gasteiger partial charge in [-0.1, -0.05) is 154 Å². The van der Waals surface area contributed by atoms with Crippen molar-refractivity contribution in [3.05, 3.63) is 24.3 Å². The third kappa shape index (κ3) is 33.3. The van der Waals surface area contributed by atoms with E-state index in [0.717, 1.165) is 83.5 Å². The summed E-state index contributed by atoms with van der Waals surface area (Å²) in [5, 5.41) is 0. The molecule has 0 aliphatic heterocycles. The molecule has 0 aliphatic carbocycles. The van der Waals surface area contributed by atoms with Gasteiger partial charge in [-0.25, -0.2) is 0 Å². The van der Waals surface area contributed by atoms with Gasteiger partial charge in [0, 0.05) is 19.3 Å². The van der Waals surface area contributed by atoms with Crippen LogP contribution in [0.15, 0.2) is 24.3 Å². The van der Waals surface area contributed by atoms with Crippen molar-refractivity contribution < 1.29 is 28.6 Å². The zero-order valence-electron chi connectivity index (χ0n) is 30.3. The molecule has 0 N–H and O–H groups in total. The number of hydrogen-bond acceptors (Lipinski definition) is 6. The first kappa shape index (κ1) is 43.9. The van der Waals surface area contributed by atoms with Crippen LogP contribution in [-0.4, -0.2) is 37.2 Å². The molecule has 0 bridgehead atoms. The number of carbonyl (C=O) groups is 3. The van der Waals surface area contributed by atoms with E-state index in [9.17, 15) is 14.4 Å². The summed E-state index contributed by atoms with van der Waals surface area (Å²) in [7, 11) is 0. The van der Waals surface area contributed by atoms with Crippen molar-refractivity contribution in [2.45, 2.75) is 200 Å². The molecule has 0 heterocycles. The zero-order valence-corrected chi connectivity index (χ0v) is 30.3. The van der Waals surface area contributed by atoms with Crippen molar-refractivity contribution in [1.29, 1.82) is 0 Å². The van der Waals surface area contributed by atoms with Gasteiger partial charge in [-0.15, -0.1) is 0 Å². The van der Waals surface area contributed by atoms with Crippen molar-refractivity contribution in [3.8, 4) is 0 Å². The Hall–Kier alpha value is -2.11. The molecule has 0 fully saturated rings. The van der Waals surface area contributed by atoms with E-state index < -0.39 is 6.10 Å². The number of hydrogen-bond donors (Lipinski definition) is 0. The maximum Gasteiger partial charge on any atom is 0.306 e. The number of allylic oxidation sites excluding steroid dienone is 4. The lowest BCUT2D eigenvalue weighted by Crippen LogP contribution is -2.30. The molecule has 0 amide bonds. The summed E-state index contributed by atoms with van der Waals surface area (Å²) in [6.07, 6.45) is 36.0. The summed E-state index contributed by atoms with van der Waals surface area (Å²) >= 11 is 0. The molecular formula is C40H72O6. The Morgan fingerprint density at radius 2 is 0.826 bits per heavy atom. The molecule has 46 heavy (non-hydrogen) atoms. The summed E-state index contributed by atoms with van der Waals surface area (Å²) in [6.45, 7) is 6.46. The maximum atomic E-state index is 12.5. The molecule has 0 rings (SSSR count). The van der Waals surface area contributed by atoms with Gasteiger partial charge in [0.05, 0.1) is 0 Å². The van der Waals surface area contributed by atoms with Gasteiger partial charge in [0.1, 0.15) is 13.2 Å². The number of unbranched alkanes of at least 4 members (excludes halogenated alkanes) is 19. The van der Waals surface area contributed by atoms with E-state index in [1.165, 1.54) is 70.6 Å². The molecule has 0 aliphatic rings. The minimum Gasteiger partial charge on any atom is -0.462 e. The summed E-state index contributed by atoms with van der Waals surface area (Å²) in [4.78, 5) is 37.2. The molecule has 0 aromatic carbocycles. The van der Waals surface area contributed by atoms with Gasteiger partial charge in [-0.3, -0.25) is 14.4 Å². The van der Waals surface area contributed by atoms with Gasteiger partial charge >= 0.3 is 17.9 Å². The topological polar surface area (TPSA) is 78.9 Å². The second kappa shape index (κ2) is 35.7. The van der Waals surface area contributed by atoms with Crippen LogP contribution in [0.25, 0.3) is 0 Å². The largest absolute Gasteiger partial charge is 0.462 e. The molecule has 6 heteroatoms. The second-order valence-corrected chi connectivity index (χ2v) is 12.8. The van der Waals surface area contributed by atoms with Gasteiger partial charge in [-0.2, -0.15) is 0 Å². The van der Waals surface area contributed by atoms with Gasteiger partial charge in [0.15, 0.2) is 6.10 Å². The van der Waals surface area contributed by atoms with Gasteiger partial charge < -0.3 is 14.2 Å². The van der Waals surface area contributed by atoms with Crippen LogP contribution in [0.5, 0.6) is 0 Å². The predicted molar refractivity (Wildman–Crippen MR) is 192 cm³/mol. The lowest BCUT2D eigenvalue weighted by atomic mass is 10.1. The molecule has 268 valence electrons. The number of carbonyl (C=O) groups excluding carboxylic acids is 3. The highest BCUT2D eigenvalue weighted by Crippen LogP contribution is 2.13. The van der Waals surface area contributed by atoms with Crippen LogP contribution in [0, 0.1) is 0 Å². The standard InChI is InChI=1S/C40H72O6/c1-4-7-10-13-16-18-19-20-21-22-25-27-30-33-39(42)45-36-37(35-44-38(41)32-29-26-23-15-12-9-6-3)46-40(43)34-31-28-24-17-14-11-8-5-2/h10,13,18-19,37H,4-9,11-12,14-17,20-36H2,1-3H3/b13-10-,19-18-. The molecule has 0 saturated carbocycles. The van der Waals surface area contributed by atoms with Crippen LogP contribution >= 0.6 is 0 Å². The minimum atomic E-state index is -0.765. The fourth-order valence-corrected chi connectivity index (χ4v) is 5.24. The third-order valence-electron chi connectivity index (χ3n) is 8.19. The van der Waals surface area contributed by atoms with Crippen LogP contribution in [-0.2, 0) is 28.6 Å². The Morgan fingerprint density at radius 3 is 1.28 bits per heavy atom. The highest BCUT2D eigenvalue weighted by molar-refractivity contribution is 5.71. The Labute approximate surface area is 283 Å². The summed E-state index contributed by atoms with van der Waals surface area (Å²) in [5.74, 6) is -0.904. The van der Waals surface area contributed by atoms with Crippen molar-refractivity contribution in [1.82, 2.24) is 0 Å². The average Bonchev–Trinajstić information content (AvgIpc) is 3.05. The van der Waals surface area contributed by atoms with Crippen LogP contribution in [0.3, 0.4) is 0 Å². The van der Waals surface area contributed by atoms with Crippen LogP contribution in [0.1, 0.15) is 194 Å². The summed E-state index contributed by atoms with van der Waals surface area (Å²) in [5.41, 5.74) is 0. The quantitative estimate of drug-likeness (QED) is 0.0299. The minimum absolute atomic E-state index is 0.0742. The van der Waals surface area contributed by atoms with E-state index >= 15 is 0 Å². The molecule has 0 spiro atoms. The number of ether oxygens (including phenoxy) is 3. The predicted octanol–water partition coefficient (Wildman–Crippen LogP) is 11.7. The number of rotatable bonds is 34. The molecule has 0 radical (unpaired) electrons. The van der Waals surface area contributed by atoms with Gasteiger partial charge in [0.2, 0.25) is 0 Å². The Morgan fingerprint density at radius 1 is 0.435 bits per heavy atom. The normalized spacial score (nSPS) is 12.2. The van der Waals surface area contributed by atoms with Crippen LogP contribution in [0.2, 0.25) is 0 Å². The SMILES string of the molecule is CCC/C=C\C/C=C\CCCCCCCC(=O)OCC(COC(=O)CCCCCCCCC)OC(=O)CCCCCCCCCC. The van der Waals surface area contributed by atoms with E-state index in [2.05, 4.69) is 45.1 Å². The lowest BCUT2D eigenvalue weighted by Gasteiger charge is -2.18. The molecule has 0 saturated heterocycles. The smallest absolute Gasteiger partial charge is 0.306 e. The lowest BCUT2D eigenvalue weighted by molar-refractivity contribution is -0.167. The van der Waals surface area contributed by atoms with E-state index in [1.807, 2.05) is 0 Å². The average molecular weight is 649 g/mol. The molecule has 1 unspecified atom stereocenters. The number of esters is 3. The maximum absolute atomic E-state index is 12.5. The molecule has 0 aromatic heterocycles. The highest BCUT2D eigenvalue weighted by Gasteiger charge is 2.19. The Kier molecular flexibility index (Phi) is 34.1. The van der Waals surface area contributed by atoms with E-state index in [4.69, 9.17) is 14.2 Å². The molecule has 1 atom stereocenters. The summed E-state index contributed by atoms with van der Waals surface area (Å²) < 4.78 is 16.5. The fraction of sp³-hybridized carbons (Fsp3) is 0.825. The third-order valence-corrected chi connectivity index (χ3v) is 8.19. The van der Waals surface area contributed by atoms with Crippen molar-refractivity contribution >= 4 is 17.9 Å². The van der Waals surface area contributed by atoms with E-state index in [-0.39, 0.29) is 31.1 Å². The zero-order chi connectivity index (χ0) is 33.8. The second-order valence-electron chi connectivity index (χ2n) is 12.8. The first-order chi connectivity index (χ1) is 22.5. The van der Waals surface area contributed by atoms with E-state index in [0.29, 0.717) is 19.3 Å². The van der Waals surface area contributed by atoms with Gasteiger partial charge in [0.25, 0.3) is 0 Å². The van der Waals surface area contributed by atoms with Gasteiger partial charge in [-0.05, 0) is 44.9 Å². The monoisotopic (exact) mass is 649 g/mol. The van der Waals surface area contributed by atoms with Crippen molar-refractivity contribution in [3.63, 3.8) is 0 Å². The van der Waals surface area contributed by atoms with Crippen molar-refractivity contribution in [2.24, 2.45) is 0 Å². The molecule has 6 nitrogen and oxygen atoms in total. The molecule has 0 aromatic rings. The fourth-order valence-electron chi connectivity index (χ4n) is 5.24. The first-order valence-electron chi connectivity index (χ1n) is 19.3. The van der Waals surface area contributed by atoms with Crippen LogP contribution in [0.4, 0.5) is 0 Å². The molecular weight excluding hydrogens is 576 g/mol. The summed E-state index contributed by atoms with van der Waals surface area (Å²) in [6, 6.07) is 0. The highest BCUT2D eigenvalue weighted by atomic mass is 16.6.